The lowest BCUT2D eigenvalue weighted by Crippen LogP contribution is -2.08. The average molecular weight is 225 g/mol. The van der Waals surface area contributed by atoms with Crippen LogP contribution in [-0.2, 0) is 0 Å². The maximum absolute atomic E-state index is 9.09. The molecule has 0 aliphatic rings. The number of aromatic nitrogens is 2. The van der Waals surface area contributed by atoms with Crippen LogP contribution in [0.5, 0.6) is 5.88 Å². The molecule has 0 bridgehead atoms. The summed E-state index contributed by atoms with van der Waals surface area (Å²) in [6.07, 6.45) is 2.93. The molecule has 0 saturated heterocycles. The third kappa shape index (κ3) is 4.93. The fourth-order valence-electron chi connectivity index (χ4n) is 1.28. The molecule has 1 atom stereocenters. The molecule has 0 aromatic carbocycles. The number of hydrogen-bond acceptors (Lipinski definition) is 5. The van der Waals surface area contributed by atoms with Crippen molar-refractivity contribution in [2.45, 2.75) is 32.8 Å². The van der Waals surface area contributed by atoms with E-state index in [2.05, 4.69) is 15.3 Å². The predicted octanol–water partition coefficient (Wildman–Crippen LogP) is 1.45. The molecule has 1 unspecified atom stereocenters. The van der Waals surface area contributed by atoms with E-state index < -0.39 is 0 Å². The predicted molar refractivity (Wildman–Crippen MR) is 62.6 cm³/mol. The van der Waals surface area contributed by atoms with E-state index in [9.17, 15) is 0 Å². The molecule has 1 rings (SSSR count). The number of ether oxygens (including phenoxy) is 1. The Morgan fingerprint density at radius 1 is 1.50 bits per heavy atom. The van der Waals surface area contributed by atoms with Crippen molar-refractivity contribution >= 4 is 5.82 Å². The van der Waals surface area contributed by atoms with Gasteiger partial charge in [-0.1, -0.05) is 0 Å². The van der Waals surface area contributed by atoms with Crippen LogP contribution >= 0.6 is 0 Å². The number of hydrogen-bond donors (Lipinski definition) is 2. The average Bonchev–Trinajstić information content (AvgIpc) is 2.25. The van der Waals surface area contributed by atoms with Gasteiger partial charge in [0.05, 0.1) is 12.7 Å². The number of aliphatic hydroxyl groups excluding tert-OH is 1. The highest BCUT2D eigenvalue weighted by molar-refractivity contribution is 5.36. The number of aliphatic hydroxyl groups is 1. The third-order valence-corrected chi connectivity index (χ3v) is 2.04. The first-order valence-electron chi connectivity index (χ1n) is 5.59. The van der Waals surface area contributed by atoms with Crippen LogP contribution in [0.3, 0.4) is 0 Å². The normalized spacial score (nSPS) is 12.2. The first-order chi connectivity index (χ1) is 7.72. The number of nitrogens with zero attached hydrogens (tertiary/aromatic N) is 2. The summed E-state index contributed by atoms with van der Waals surface area (Å²) < 4.78 is 5.26. The van der Waals surface area contributed by atoms with E-state index in [0.717, 1.165) is 25.2 Å². The van der Waals surface area contributed by atoms with Crippen molar-refractivity contribution in [1.29, 1.82) is 0 Å². The zero-order chi connectivity index (χ0) is 11.8. The maximum Gasteiger partial charge on any atom is 0.218 e. The van der Waals surface area contributed by atoms with Crippen LogP contribution in [0.15, 0.2) is 12.4 Å². The van der Waals surface area contributed by atoms with E-state index >= 15 is 0 Å². The second-order valence-electron chi connectivity index (χ2n) is 3.59. The Labute approximate surface area is 95.9 Å². The molecule has 0 aliphatic carbocycles. The van der Waals surface area contributed by atoms with Crippen LogP contribution in [-0.4, -0.2) is 34.3 Å². The number of rotatable bonds is 7. The van der Waals surface area contributed by atoms with Crippen molar-refractivity contribution in [1.82, 2.24) is 9.97 Å². The second-order valence-corrected chi connectivity index (χ2v) is 3.59. The maximum atomic E-state index is 9.09. The van der Waals surface area contributed by atoms with E-state index in [4.69, 9.17) is 9.84 Å². The smallest absolute Gasteiger partial charge is 0.218 e. The molecule has 0 saturated carbocycles. The summed E-state index contributed by atoms with van der Waals surface area (Å²) in [6.45, 7) is 5.09. The largest absolute Gasteiger partial charge is 0.478 e. The molecule has 1 aromatic heterocycles. The van der Waals surface area contributed by atoms with Crippen molar-refractivity contribution in [3.05, 3.63) is 12.4 Å². The Balaban J connectivity index is 2.33. The van der Waals surface area contributed by atoms with Crippen molar-refractivity contribution in [3.63, 3.8) is 0 Å². The highest BCUT2D eigenvalue weighted by Crippen LogP contribution is 2.10. The molecule has 2 N–H and O–H groups in total. The molecule has 1 aromatic rings. The second kappa shape index (κ2) is 7.00. The molecule has 0 spiro atoms. The fraction of sp³-hybridized carbons (Fsp3) is 0.636. The van der Waals surface area contributed by atoms with Crippen LogP contribution in [0.25, 0.3) is 0 Å². The van der Waals surface area contributed by atoms with Crippen LogP contribution in [0.4, 0.5) is 5.82 Å². The van der Waals surface area contributed by atoms with E-state index in [1.54, 1.807) is 13.0 Å². The Bertz CT molecular complexity index is 305. The third-order valence-electron chi connectivity index (χ3n) is 2.04. The monoisotopic (exact) mass is 225 g/mol. The quantitative estimate of drug-likeness (QED) is 0.687. The van der Waals surface area contributed by atoms with Crippen LogP contribution < -0.4 is 10.1 Å². The van der Waals surface area contributed by atoms with Gasteiger partial charge in [0, 0.05) is 12.6 Å². The molecule has 5 heteroatoms. The SMILES string of the molecule is CCOc1cc(NCCCC(C)O)ncn1. The molecule has 0 aliphatic heterocycles. The van der Waals surface area contributed by atoms with Crippen molar-refractivity contribution in [3.8, 4) is 5.88 Å². The van der Waals surface area contributed by atoms with Crippen molar-refractivity contribution in [2.75, 3.05) is 18.5 Å². The summed E-state index contributed by atoms with van der Waals surface area (Å²) in [5.74, 6) is 1.33. The van der Waals surface area contributed by atoms with Crippen LogP contribution in [0, 0.1) is 0 Å². The number of anilines is 1. The molecule has 0 amide bonds. The summed E-state index contributed by atoms with van der Waals surface area (Å²) in [5.41, 5.74) is 0. The Morgan fingerprint density at radius 3 is 3.00 bits per heavy atom. The lowest BCUT2D eigenvalue weighted by Gasteiger charge is -2.07. The minimum absolute atomic E-state index is 0.244. The molecule has 90 valence electrons. The van der Waals surface area contributed by atoms with Crippen LogP contribution in [0.1, 0.15) is 26.7 Å². The van der Waals surface area contributed by atoms with E-state index in [1.165, 1.54) is 6.33 Å². The minimum atomic E-state index is -0.244. The zero-order valence-corrected chi connectivity index (χ0v) is 9.81. The highest BCUT2D eigenvalue weighted by atomic mass is 16.5. The van der Waals surface area contributed by atoms with Crippen molar-refractivity contribution in [2.24, 2.45) is 0 Å². The summed E-state index contributed by atoms with van der Waals surface area (Å²) in [7, 11) is 0. The molecular weight excluding hydrogens is 206 g/mol. The van der Waals surface area contributed by atoms with Gasteiger partial charge in [0.15, 0.2) is 0 Å². The Hall–Kier alpha value is -1.36. The lowest BCUT2D eigenvalue weighted by molar-refractivity contribution is 0.183. The molecule has 5 nitrogen and oxygen atoms in total. The van der Waals surface area contributed by atoms with Crippen LogP contribution in [0.2, 0.25) is 0 Å². The molecule has 0 fully saturated rings. The van der Waals surface area contributed by atoms with Crippen molar-refractivity contribution < 1.29 is 9.84 Å². The molecule has 1 heterocycles. The molecular formula is C11H19N3O2. The van der Waals surface area contributed by atoms with Gasteiger partial charge in [0.1, 0.15) is 12.1 Å². The van der Waals surface area contributed by atoms with Gasteiger partial charge < -0.3 is 15.2 Å². The lowest BCUT2D eigenvalue weighted by atomic mass is 10.2. The summed E-state index contributed by atoms with van der Waals surface area (Å²) >= 11 is 0. The Kier molecular flexibility index (Phi) is 5.56. The van der Waals surface area contributed by atoms with Gasteiger partial charge in [-0.3, -0.25) is 0 Å². The summed E-state index contributed by atoms with van der Waals surface area (Å²) in [5, 5.41) is 12.2. The van der Waals surface area contributed by atoms with Gasteiger partial charge in [-0.15, -0.1) is 0 Å². The van der Waals surface area contributed by atoms with Gasteiger partial charge in [-0.2, -0.15) is 0 Å². The first-order valence-corrected chi connectivity index (χ1v) is 5.59. The fourth-order valence-corrected chi connectivity index (χ4v) is 1.28. The molecule has 0 radical (unpaired) electrons. The summed E-state index contributed by atoms with van der Waals surface area (Å²) in [6, 6.07) is 1.77. The van der Waals surface area contributed by atoms with E-state index in [0.29, 0.717) is 12.5 Å². The molecule has 16 heavy (non-hydrogen) atoms. The Morgan fingerprint density at radius 2 is 2.31 bits per heavy atom. The van der Waals surface area contributed by atoms with Gasteiger partial charge in [0.25, 0.3) is 0 Å². The van der Waals surface area contributed by atoms with Gasteiger partial charge in [-0.05, 0) is 26.7 Å². The van der Waals surface area contributed by atoms with E-state index in [-0.39, 0.29) is 6.10 Å². The standard InChI is InChI=1S/C11H19N3O2/c1-3-16-11-7-10(13-8-14-11)12-6-4-5-9(2)15/h7-9,15H,3-6H2,1-2H3,(H,12,13,14). The van der Waals surface area contributed by atoms with Gasteiger partial charge in [-0.25, -0.2) is 9.97 Å². The van der Waals surface area contributed by atoms with E-state index in [1.807, 2.05) is 6.92 Å². The van der Waals surface area contributed by atoms with Gasteiger partial charge in [0.2, 0.25) is 5.88 Å². The minimum Gasteiger partial charge on any atom is -0.478 e. The first kappa shape index (κ1) is 12.7. The number of nitrogens with one attached hydrogen (secondary N) is 1. The summed E-state index contributed by atoms with van der Waals surface area (Å²) in [4.78, 5) is 8.05. The highest BCUT2D eigenvalue weighted by Gasteiger charge is 1.99. The van der Waals surface area contributed by atoms with Gasteiger partial charge >= 0.3 is 0 Å². The topological polar surface area (TPSA) is 67.3 Å². The zero-order valence-electron chi connectivity index (χ0n) is 9.81.